The van der Waals surface area contributed by atoms with Gasteiger partial charge in [0.25, 0.3) is 0 Å². The lowest BCUT2D eigenvalue weighted by Crippen LogP contribution is -2.50. The van der Waals surface area contributed by atoms with E-state index in [0.29, 0.717) is 11.0 Å². The van der Waals surface area contributed by atoms with Crippen molar-refractivity contribution in [3.05, 3.63) is 28.7 Å². The summed E-state index contributed by atoms with van der Waals surface area (Å²) in [6.07, 6.45) is -0.0316. The summed E-state index contributed by atoms with van der Waals surface area (Å²) in [4.78, 5) is 26.9. The lowest BCUT2D eigenvalue weighted by molar-refractivity contribution is -0.139. The quantitative estimate of drug-likeness (QED) is 0.730. The Balaban J connectivity index is 1.84. The van der Waals surface area contributed by atoms with Crippen molar-refractivity contribution < 1.29 is 18.3 Å². The Kier molecular flexibility index (Phi) is 3.10. The number of rotatable bonds is 4. The molecule has 0 spiro atoms. The van der Waals surface area contributed by atoms with Gasteiger partial charge in [-0.3, -0.25) is 4.79 Å². The van der Waals surface area contributed by atoms with Crippen LogP contribution in [0.1, 0.15) is 6.42 Å². The van der Waals surface area contributed by atoms with Crippen molar-refractivity contribution in [2.45, 2.75) is 11.3 Å². The smallest absolute Gasteiger partial charge is 0.323 e. The van der Waals surface area contributed by atoms with Gasteiger partial charge in [-0.05, 0) is 24.1 Å². The number of hydrogen-bond donors (Lipinski definition) is 3. The molecule has 112 valence electrons. The molecule has 0 atom stereocenters. The van der Waals surface area contributed by atoms with E-state index in [-0.39, 0.29) is 30.3 Å². The lowest BCUT2D eigenvalue weighted by atomic mass is 10.00. The summed E-state index contributed by atoms with van der Waals surface area (Å²) in [5.74, 6) is -1.07. The number of aliphatic carboxylic acids is 1. The van der Waals surface area contributed by atoms with Gasteiger partial charge in [-0.2, -0.15) is 4.31 Å². The molecule has 1 saturated heterocycles. The zero-order valence-corrected chi connectivity index (χ0v) is 11.7. The zero-order valence-electron chi connectivity index (χ0n) is 10.9. The first kappa shape index (κ1) is 13.8. The third kappa shape index (κ3) is 2.45. The highest BCUT2D eigenvalue weighted by Gasteiger charge is 2.37. The molecule has 0 radical (unpaired) electrons. The maximum absolute atomic E-state index is 12.4. The van der Waals surface area contributed by atoms with E-state index in [1.165, 1.54) is 22.5 Å². The Labute approximate surface area is 119 Å². The van der Waals surface area contributed by atoms with E-state index in [9.17, 15) is 18.0 Å². The number of nitrogens with one attached hydrogen (secondary N) is 2. The molecule has 1 aromatic heterocycles. The average Bonchev–Trinajstić information content (AvgIpc) is 2.71. The van der Waals surface area contributed by atoms with Gasteiger partial charge in [0.05, 0.1) is 22.3 Å². The molecule has 1 aliphatic heterocycles. The topological polar surface area (TPSA) is 123 Å². The molecular weight excluding hydrogens is 298 g/mol. The van der Waals surface area contributed by atoms with Crippen LogP contribution >= 0.6 is 0 Å². The van der Waals surface area contributed by atoms with Gasteiger partial charge in [-0.15, -0.1) is 0 Å². The van der Waals surface area contributed by atoms with Gasteiger partial charge in [-0.25, -0.2) is 13.2 Å². The fourth-order valence-corrected chi connectivity index (χ4v) is 4.04. The summed E-state index contributed by atoms with van der Waals surface area (Å²) < 4.78 is 26.0. The van der Waals surface area contributed by atoms with Crippen molar-refractivity contribution in [2.75, 3.05) is 13.1 Å². The number of imidazole rings is 1. The number of fused-ring (bicyclic) bond motifs is 1. The van der Waals surface area contributed by atoms with E-state index in [1.807, 2.05) is 0 Å². The monoisotopic (exact) mass is 311 g/mol. The molecule has 8 nitrogen and oxygen atoms in total. The third-order valence-corrected chi connectivity index (χ3v) is 5.34. The molecule has 0 bridgehead atoms. The summed E-state index contributed by atoms with van der Waals surface area (Å²) >= 11 is 0. The Morgan fingerprint density at radius 2 is 1.95 bits per heavy atom. The Morgan fingerprint density at radius 1 is 1.29 bits per heavy atom. The van der Waals surface area contributed by atoms with Crippen LogP contribution in [0.4, 0.5) is 0 Å². The van der Waals surface area contributed by atoms with Gasteiger partial charge < -0.3 is 15.1 Å². The van der Waals surface area contributed by atoms with Crippen LogP contribution < -0.4 is 5.69 Å². The molecule has 0 amide bonds. The molecule has 0 aliphatic carbocycles. The maximum atomic E-state index is 12.4. The van der Waals surface area contributed by atoms with E-state index in [2.05, 4.69) is 9.97 Å². The molecule has 1 fully saturated rings. The first-order chi connectivity index (χ1) is 9.86. The molecule has 3 rings (SSSR count). The lowest BCUT2D eigenvalue weighted by Gasteiger charge is -2.37. The van der Waals surface area contributed by atoms with E-state index in [4.69, 9.17) is 5.11 Å². The second kappa shape index (κ2) is 4.71. The number of hydrogen-bond acceptors (Lipinski definition) is 4. The van der Waals surface area contributed by atoms with Crippen molar-refractivity contribution in [2.24, 2.45) is 5.92 Å². The molecule has 1 aromatic carbocycles. The van der Waals surface area contributed by atoms with Crippen molar-refractivity contribution in [3.8, 4) is 0 Å². The van der Waals surface area contributed by atoms with Crippen molar-refractivity contribution >= 4 is 27.0 Å². The predicted octanol–water partition coefficient (Wildman–Crippen LogP) is -0.0486. The minimum atomic E-state index is -3.65. The number of carboxylic acid groups (broad SMARTS) is 1. The van der Waals surface area contributed by atoms with Gasteiger partial charge in [0.15, 0.2) is 0 Å². The van der Waals surface area contributed by atoms with Crippen molar-refractivity contribution in [1.82, 2.24) is 14.3 Å². The van der Waals surface area contributed by atoms with Crippen LogP contribution in [0.25, 0.3) is 11.0 Å². The second-order valence-electron chi connectivity index (χ2n) is 5.07. The number of carboxylic acids is 1. The van der Waals surface area contributed by atoms with Gasteiger partial charge >= 0.3 is 11.7 Å². The van der Waals surface area contributed by atoms with Crippen LogP contribution in [0.3, 0.4) is 0 Å². The minimum absolute atomic E-state index is 0.0316. The van der Waals surface area contributed by atoms with Gasteiger partial charge in [0.1, 0.15) is 0 Å². The first-order valence-corrected chi connectivity index (χ1v) is 7.74. The fourth-order valence-electron chi connectivity index (χ4n) is 2.42. The maximum Gasteiger partial charge on any atom is 0.323 e. The van der Waals surface area contributed by atoms with Gasteiger partial charge in [0, 0.05) is 13.1 Å². The molecule has 0 saturated carbocycles. The van der Waals surface area contributed by atoms with Gasteiger partial charge in [0.2, 0.25) is 10.0 Å². The standard InChI is InChI=1S/C12H13N3O5S/c16-11(17)3-7-5-15(6-7)21(19,20)8-1-2-9-10(4-8)14-12(18)13-9/h1-2,4,7H,3,5-6H2,(H,16,17)(H2,13,14,18). The SMILES string of the molecule is O=C(O)CC1CN(S(=O)(=O)c2ccc3[nH]c(=O)[nH]c3c2)C1. The molecule has 0 unspecified atom stereocenters. The number of carbonyl (C=O) groups is 1. The highest BCUT2D eigenvalue weighted by atomic mass is 32.2. The van der Waals surface area contributed by atoms with Crippen molar-refractivity contribution in [1.29, 1.82) is 0 Å². The number of nitrogens with zero attached hydrogens (tertiary/aromatic N) is 1. The highest BCUT2D eigenvalue weighted by molar-refractivity contribution is 7.89. The predicted molar refractivity (Wildman–Crippen MR) is 73.4 cm³/mol. The first-order valence-electron chi connectivity index (χ1n) is 6.30. The number of aromatic amines is 2. The molecular formula is C12H13N3O5S. The molecule has 1 aliphatic rings. The number of H-pyrrole nitrogens is 2. The molecule has 3 N–H and O–H groups in total. The Hall–Kier alpha value is -2.13. The summed E-state index contributed by atoms with van der Waals surface area (Å²) in [7, 11) is -3.65. The Morgan fingerprint density at radius 3 is 2.62 bits per heavy atom. The molecule has 2 heterocycles. The van der Waals surface area contributed by atoms with E-state index >= 15 is 0 Å². The average molecular weight is 311 g/mol. The van der Waals surface area contributed by atoms with E-state index in [0.717, 1.165) is 0 Å². The van der Waals surface area contributed by atoms with Crippen molar-refractivity contribution in [3.63, 3.8) is 0 Å². The Bertz CT molecular complexity index is 860. The summed E-state index contributed by atoms with van der Waals surface area (Å²) in [6, 6.07) is 4.34. The molecule has 21 heavy (non-hydrogen) atoms. The largest absolute Gasteiger partial charge is 0.481 e. The van der Waals surface area contributed by atoms with E-state index in [1.54, 1.807) is 0 Å². The normalized spacial score (nSPS) is 17.0. The highest BCUT2D eigenvalue weighted by Crippen LogP contribution is 2.27. The summed E-state index contributed by atoms with van der Waals surface area (Å²) in [5.41, 5.74) is 0.556. The van der Waals surface area contributed by atoms with Crippen LogP contribution in [0.5, 0.6) is 0 Å². The number of benzene rings is 1. The molecule has 2 aromatic rings. The third-order valence-electron chi connectivity index (χ3n) is 3.51. The number of aromatic nitrogens is 2. The summed E-state index contributed by atoms with van der Waals surface area (Å²) in [6.45, 7) is 0.409. The minimum Gasteiger partial charge on any atom is -0.481 e. The number of sulfonamides is 1. The molecule has 9 heteroatoms. The van der Waals surface area contributed by atoms with Crippen LogP contribution in [-0.4, -0.2) is 46.9 Å². The zero-order chi connectivity index (χ0) is 15.2. The van der Waals surface area contributed by atoms with Crippen LogP contribution in [0, 0.1) is 5.92 Å². The van der Waals surface area contributed by atoms with E-state index < -0.39 is 21.7 Å². The van der Waals surface area contributed by atoms with Crippen LogP contribution in [-0.2, 0) is 14.8 Å². The van der Waals surface area contributed by atoms with Gasteiger partial charge in [-0.1, -0.05) is 0 Å². The summed E-state index contributed by atoms with van der Waals surface area (Å²) in [5, 5.41) is 8.67. The fraction of sp³-hybridized carbons (Fsp3) is 0.333. The second-order valence-corrected chi connectivity index (χ2v) is 7.01. The van der Waals surface area contributed by atoms with Crippen LogP contribution in [0.15, 0.2) is 27.9 Å². The van der Waals surface area contributed by atoms with Crippen LogP contribution in [0.2, 0.25) is 0 Å².